The number of hydrogen-bond donors (Lipinski definition) is 1. The zero-order valence-corrected chi connectivity index (χ0v) is 17.9. The summed E-state index contributed by atoms with van der Waals surface area (Å²) in [6, 6.07) is 15.7. The number of aromatic nitrogens is 2. The van der Waals surface area contributed by atoms with Crippen molar-refractivity contribution >= 4 is 34.3 Å². The van der Waals surface area contributed by atoms with Crippen LogP contribution in [-0.4, -0.2) is 72.0 Å². The van der Waals surface area contributed by atoms with Gasteiger partial charge in [0.05, 0.1) is 11.0 Å². The summed E-state index contributed by atoms with van der Waals surface area (Å²) in [6.45, 7) is 5.40. The number of piperazine rings is 1. The Hall–Kier alpha value is -3.19. The van der Waals surface area contributed by atoms with E-state index in [1.54, 1.807) is 0 Å². The Labute approximate surface area is 182 Å². The van der Waals surface area contributed by atoms with E-state index in [1.807, 2.05) is 53.4 Å². The van der Waals surface area contributed by atoms with Crippen LogP contribution in [0.4, 0.5) is 17.3 Å². The van der Waals surface area contributed by atoms with Gasteiger partial charge in [0.25, 0.3) is 5.91 Å². The second-order valence-electron chi connectivity index (χ2n) is 8.38. The van der Waals surface area contributed by atoms with E-state index < -0.39 is 0 Å². The summed E-state index contributed by atoms with van der Waals surface area (Å²) in [5.41, 5.74) is 3.40. The van der Waals surface area contributed by atoms with Gasteiger partial charge in [-0.25, -0.2) is 9.97 Å². The molecular weight excluding hydrogens is 388 g/mol. The second-order valence-corrected chi connectivity index (χ2v) is 8.38. The second kappa shape index (κ2) is 8.51. The summed E-state index contributed by atoms with van der Waals surface area (Å²) in [5.74, 6) is 1.76. The van der Waals surface area contributed by atoms with E-state index in [2.05, 4.69) is 22.2 Å². The third kappa shape index (κ3) is 4.18. The Balaban J connectivity index is 1.38. The van der Waals surface area contributed by atoms with Crippen molar-refractivity contribution in [3.8, 4) is 0 Å². The number of likely N-dealkylation sites (N-methyl/N-ethyl adjacent to an activating group) is 1. The summed E-state index contributed by atoms with van der Waals surface area (Å²) in [5, 5.41) is 3.45. The van der Waals surface area contributed by atoms with Gasteiger partial charge < -0.3 is 20.0 Å². The van der Waals surface area contributed by atoms with E-state index in [4.69, 9.17) is 9.97 Å². The molecule has 0 aliphatic carbocycles. The maximum Gasteiger partial charge on any atom is 0.253 e. The van der Waals surface area contributed by atoms with Crippen LogP contribution in [0.1, 0.15) is 23.2 Å². The summed E-state index contributed by atoms with van der Waals surface area (Å²) < 4.78 is 0. The largest absolute Gasteiger partial charge is 0.354 e. The molecule has 0 saturated carbocycles. The Kier molecular flexibility index (Phi) is 5.42. The van der Waals surface area contributed by atoms with Gasteiger partial charge in [0.2, 0.25) is 0 Å². The van der Waals surface area contributed by atoms with Crippen LogP contribution in [0.5, 0.6) is 0 Å². The van der Waals surface area contributed by atoms with Crippen LogP contribution in [0.25, 0.3) is 11.0 Å². The SMILES string of the molecule is CN1CCN(C(=O)c2ccc(Nc3nc4ccccc4nc3N3CCCC3)cc2)CC1. The molecule has 2 aromatic carbocycles. The van der Waals surface area contributed by atoms with Gasteiger partial charge >= 0.3 is 0 Å². The van der Waals surface area contributed by atoms with Crippen LogP contribution in [0, 0.1) is 0 Å². The van der Waals surface area contributed by atoms with Crippen molar-refractivity contribution in [2.75, 3.05) is 56.5 Å². The molecule has 5 rings (SSSR count). The highest BCUT2D eigenvalue weighted by atomic mass is 16.2. The fourth-order valence-electron chi connectivity index (χ4n) is 4.25. The number of amides is 1. The molecule has 1 aromatic heterocycles. The smallest absolute Gasteiger partial charge is 0.253 e. The van der Waals surface area contributed by atoms with E-state index in [9.17, 15) is 4.79 Å². The maximum atomic E-state index is 12.8. The van der Waals surface area contributed by atoms with Gasteiger partial charge in [-0.1, -0.05) is 12.1 Å². The highest BCUT2D eigenvalue weighted by molar-refractivity contribution is 5.94. The number of nitrogens with zero attached hydrogens (tertiary/aromatic N) is 5. The Bertz CT molecular complexity index is 1070. The Morgan fingerprint density at radius 3 is 2.16 bits per heavy atom. The highest BCUT2D eigenvalue weighted by Gasteiger charge is 2.21. The molecule has 1 amide bonds. The number of benzene rings is 2. The van der Waals surface area contributed by atoms with Crippen LogP contribution in [0.15, 0.2) is 48.5 Å². The first-order valence-electron chi connectivity index (χ1n) is 11.0. The molecule has 1 N–H and O–H groups in total. The van der Waals surface area contributed by atoms with Crippen LogP contribution in [0.3, 0.4) is 0 Å². The minimum Gasteiger partial charge on any atom is -0.354 e. The van der Waals surface area contributed by atoms with Gasteiger partial charge in [-0.05, 0) is 56.3 Å². The molecule has 31 heavy (non-hydrogen) atoms. The molecule has 2 saturated heterocycles. The lowest BCUT2D eigenvalue weighted by atomic mass is 10.1. The van der Waals surface area contributed by atoms with E-state index in [-0.39, 0.29) is 5.91 Å². The minimum absolute atomic E-state index is 0.0999. The summed E-state index contributed by atoms with van der Waals surface area (Å²) >= 11 is 0. The Morgan fingerprint density at radius 2 is 1.48 bits per heavy atom. The van der Waals surface area contributed by atoms with Gasteiger partial charge in [-0.15, -0.1) is 0 Å². The zero-order chi connectivity index (χ0) is 21.2. The zero-order valence-electron chi connectivity index (χ0n) is 17.9. The van der Waals surface area contributed by atoms with Crippen molar-refractivity contribution in [2.45, 2.75) is 12.8 Å². The third-order valence-electron chi connectivity index (χ3n) is 6.14. The Morgan fingerprint density at radius 1 is 0.839 bits per heavy atom. The quantitative estimate of drug-likeness (QED) is 0.704. The van der Waals surface area contributed by atoms with Gasteiger partial charge in [-0.2, -0.15) is 0 Å². The van der Waals surface area contributed by atoms with E-state index in [0.717, 1.165) is 73.2 Å². The first-order chi connectivity index (χ1) is 15.2. The van der Waals surface area contributed by atoms with Crippen LogP contribution < -0.4 is 10.2 Å². The molecule has 2 aliphatic heterocycles. The monoisotopic (exact) mass is 416 g/mol. The molecule has 0 unspecified atom stereocenters. The summed E-state index contributed by atoms with van der Waals surface area (Å²) in [6.07, 6.45) is 2.36. The van der Waals surface area contributed by atoms with E-state index in [0.29, 0.717) is 0 Å². The predicted octanol–water partition coefficient (Wildman–Crippen LogP) is 3.36. The lowest BCUT2D eigenvalue weighted by Gasteiger charge is -2.32. The number of fused-ring (bicyclic) bond motifs is 1. The van der Waals surface area contributed by atoms with E-state index >= 15 is 0 Å². The fraction of sp³-hybridized carbons (Fsp3) is 0.375. The standard InChI is InChI=1S/C24H28N6O/c1-28-14-16-30(17-15-28)24(31)18-8-10-19(11-9-18)25-22-23(29-12-4-5-13-29)27-21-7-3-2-6-20(21)26-22/h2-3,6-11H,4-5,12-17H2,1H3,(H,25,26). The van der Waals surface area contributed by atoms with Crippen LogP contribution >= 0.6 is 0 Å². The van der Waals surface area contributed by atoms with Gasteiger partial charge in [0.1, 0.15) is 0 Å². The van der Waals surface area contributed by atoms with Crippen molar-refractivity contribution in [2.24, 2.45) is 0 Å². The number of rotatable bonds is 4. The molecule has 160 valence electrons. The number of nitrogens with one attached hydrogen (secondary N) is 1. The third-order valence-corrected chi connectivity index (χ3v) is 6.14. The van der Waals surface area contributed by atoms with Gasteiger partial charge in [-0.3, -0.25) is 4.79 Å². The molecule has 0 spiro atoms. The topological polar surface area (TPSA) is 64.6 Å². The first kappa shape index (κ1) is 19.8. The van der Waals surface area contributed by atoms with Gasteiger partial charge in [0, 0.05) is 50.5 Å². The van der Waals surface area contributed by atoms with Crippen molar-refractivity contribution in [1.29, 1.82) is 0 Å². The highest BCUT2D eigenvalue weighted by Crippen LogP contribution is 2.30. The molecule has 3 heterocycles. The maximum absolute atomic E-state index is 12.8. The number of carbonyl (C=O) groups is 1. The van der Waals surface area contributed by atoms with Crippen molar-refractivity contribution < 1.29 is 4.79 Å². The molecular formula is C24H28N6O. The number of hydrogen-bond acceptors (Lipinski definition) is 6. The molecule has 2 aliphatic rings. The molecule has 2 fully saturated rings. The van der Waals surface area contributed by atoms with Crippen molar-refractivity contribution in [1.82, 2.24) is 19.8 Å². The molecule has 0 radical (unpaired) electrons. The molecule has 0 atom stereocenters. The fourth-order valence-corrected chi connectivity index (χ4v) is 4.25. The lowest BCUT2D eigenvalue weighted by molar-refractivity contribution is 0.0664. The number of anilines is 3. The lowest BCUT2D eigenvalue weighted by Crippen LogP contribution is -2.47. The van der Waals surface area contributed by atoms with Crippen LogP contribution in [-0.2, 0) is 0 Å². The summed E-state index contributed by atoms with van der Waals surface area (Å²) in [4.78, 5) is 29.1. The first-order valence-corrected chi connectivity index (χ1v) is 11.0. The van der Waals surface area contributed by atoms with Crippen molar-refractivity contribution in [3.63, 3.8) is 0 Å². The molecule has 0 bridgehead atoms. The van der Waals surface area contributed by atoms with Gasteiger partial charge in [0.15, 0.2) is 11.6 Å². The average Bonchev–Trinajstić information content (AvgIpc) is 3.34. The minimum atomic E-state index is 0.0999. The predicted molar refractivity (Wildman–Crippen MR) is 124 cm³/mol. The molecule has 7 nitrogen and oxygen atoms in total. The molecule has 3 aromatic rings. The number of para-hydroxylation sites is 2. The number of carbonyl (C=O) groups excluding carboxylic acids is 1. The average molecular weight is 417 g/mol. The summed E-state index contributed by atoms with van der Waals surface area (Å²) in [7, 11) is 2.09. The van der Waals surface area contributed by atoms with Crippen molar-refractivity contribution in [3.05, 3.63) is 54.1 Å². The van der Waals surface area contributed by atoms with Crippen LogP contribution in [0.2, 0.25) is 0 Å². The molecule has 7 heteroatoms. The normalized spacial score (nSPS) is 17.3. The van der Waals surface area contributed by atoms with E-state index in [1.165, 1.54) is 12.8 Å².